The summed E-state index contributed by atoms with van der Waals surface area (Å²) in [5.41, 5.74) is 7.32. The molecule has 1 aromatic carbocycles. The van der Waals surface area contributed by atoms with Gasteiger partial charge in [0.15, 0.2) is 0 Å². The zero-order valence-electron chi connectivity index (χ0n) is 14.2. The van der Waals surface area contributed by atoms with Crippen LogP contribution in [-0.4, -0.2) is 6.54 Å². The first kappa shape index (κ1) is 16.0. The van der Waals surface area contributed by atoms with Gasteiger partial charge in [0.1, 0.15) is 0 Å². The molecule has 0 bridgehead atoms. The molecule has 1 aliphatic carbocycles. The zero-order chi connectivity index (χ0) is 15.4. The number of rotatable bonds is 6. The maximum atomic E-state index is 3.67. The molecule has 0 radical (unpaired) electrons. The minimum absolute atomic E-state index is 0.411. The molecule has 0 fully saturated rings. The fourth-order valence-electron chi connectivity index (χ4n) is 3.36. The number of benzene rings is 1. The van der Waals surface area contributed by atoms with Gasteiger partial charge in [-0.2, -0.15) is 0 Å². The van der Waals surface area contributed by atoms with E-state index in [0.717, 1.165) is 6.54 Å². The van der Waals surface area contributed by atoms with Crippen molar-refractivity contribution in [2.75, 3.05) is 6.54 Å². The van der Waals surface area contributed by atoms with E-state index in [4.69, 9.17) is 0 Å². The van der Waals surface area contributed by atoms with Gasteiger partial charge in [-0.3, -0.25) is 0 Å². The van der Waals surface area contributed by atoms with E-state index >= 15 is 0 Å². The van der Waals surface area contributed by atoms with E-state index in [1.165, 1.54) is 40.7 Å². The summed E-state index contributed by atoms with van der Waals surface area (Å²) in [6.07, 6.45) is 4.83. The third-order valence-corrected chi connectivity index (χ3v) is 4.71. The summed E-state index contributed by atoms with van der Waals surface area (Å²) < 4.78 is 0. The largest absolute Gasteiger partial charge is 0.310 e. The normalized spacial score (nSPS) is 19.9. The van der Waals surface area contributed by atoms with Gasteiger partial charge in [-0.15, -0.1) is 0 Å². The molecule has 0 saturated heterocycles. The van der Waals surface area contributed by atoms with E-state index in [9.17, 15) is 0 Å². The standard InChI is InChI=1S/C20H29N/c1-6-7-12-21-17(5)18-10-8-9-11-19(18)20-15(3)13-14(2)16(20)4/h8-11,13,17,20-21H,6-7,12H2,1-5H3. The Morgan fingerprint density at radius 1 is 1.14 bits per heavy atom. The summed E-state index contributed by atoms with van der Waals surface area (Å²) in [7, 11) is 0. The van der Waals surface area contributed by atoms with Crippen LogP contribution in [0.3, 0.4) is 0 Å². The molecule has 0 aromatic heterocycles. The van der Waals surface area contributed by atoms with Crippen molar-refractivity contribution in [3.8, 4) is 0 Å². The van der Waals surface area contributed by atoms with Gasteiger partial charge in [0, 0.05) is 12.0 Å². The molecule has 1 N–H and O–H groups in total. The van der Waals surface area contributed by atoms with Crippen molar-refractivity contribution in [1.29, 1.82) is 0 Å². The maximum absolute atomic E-state index is 3.67. The van der Waals surface area contributed by atoms with Gasteiger partial charge in [-0.1, -0.05) is 60.4 Å². The second kappa shape index (κ2) is 7.09. The first-order chi connectivity index (χ1) is 10.1. The Kier molecular flexibility index (Phi) is 5.41. The first-order valence-electron chi connectivity index (χ1n) is 8.24. The smallest absolute Gasteiger partial charge is 0.0294 e. The molecule has 1 nitrogen and oxygen atoms in total. The quantitative estimate of drug-likeness (QED) is 0.678. The van der Waals surface area contributed by atoms with Gasteiger partial charge < -0.3 is 5.32 Å². The summed E-state index contributed by atoms with van der Waals surface area (Å²) in [6.45, 7) is 12.4. The van der Waals surface area contributed by atoms with Crippen molar-refractivity contribution in [1.82, 2.24) is 5.32 Å². The number of nitrogens with one attached hydrogen (secondary N) is 1. The van der Waals surface area contributed by atoms with Gasteiger partial charge in [-0.05, 0) is 51.8 Å². The van der Waals surface area contributed by atoms with Crippen molar-refractivity contribution in [2.45, 2.75) is 59.4 Å². The highest BCUT2D eigenvalue weighted by atomic mass is 14.9. The summed E-state index contributed by atoms with van der Waals surface area (Å²) in [6, 6.07) is 9.34. The van der Waals surface area contributed by atoms with Crippen LogP contribution >= 0.6 is 0 Å². The van der Waals surface area contributed by atoms with Crippen molar-refractivity contribution >= 4 is 0 Å². The molecule has 1 heteroatoms. The van der Waals surface area contributed by atoms with Crippen LogP contribution in [0.15, 0.2) is 47.1 Å². The van der Waals surface area contributed by atoms with Crippen LogP contribution in [0, 0.1) is 0 Å². The molecule has 0 amide bonds. The van der Waals surface area contributed by atoms with Crippen molar-refractivity contribution in [2.24, 2.45) is 0 Å². The molecular weight excluding hydrogens is 254 g/mol. The minimum Gasteiger partial charge on any atom is -0.310 e. The Balaban J connectivity index is 2.27. The molecule has 2 unspecified atom stereocenters. The summed E-state index contributed by atoms with van der Waals surface area (Å²) in [5, 5.41) is 3.67. The van der Waals surface area contributed by atoms with Crippen LogP contribution in [0.25, 0.3) is 0 Å². The highest BCUT2D eigenvalue weighted by Gasteiger charge is 2.25. The summed E-state index contributed by atoms with van der Waals surface area (Å²) in [5.74, 6) is 0.469. The lowest BCUT2D eigenvalue weighted by atomic mass is 9.84. The number of hydrogen-bond acceptors (Lipinski definition) is 1. The molecule has 2 atom stereocenters. The second-order valence-electron chi connectivity index (χ2n) is 6.35. The first-order valence-corrected chi connectivity index (χ1v) is 8.24. The van der Waals surface area contributed by atoms with Crippen molar-refractivity contribution in [3.63, 3.8) is 0 Å². The lowest BCUT2D eigenvalue weighted by Gasteiger charge is -2.24. The molecule has 114 valence electrons. The molecule has 0 spiro atoms. The fourth-order valence-corrected chi connectivity index (χ4v) is 3.36. The van der Waals surface area contributed by atoms with Crippen LogP contribution in [0.1, 0.15) is 70.5 Å². The van der Waals surface area contributed by atoms with E-state index in [-0.39, 0.29) is 0 Å². The van der Waals surface area contributed by atoms with E-state index in [0.29, 0.717) is 12.0 Å². The molecular formula is C20H29N. The van der Waals surface area contributed by atoms with E-state index in [1.54, 1.807) is 0 Å². The average molecular weight is 283 g/mol. The van der Waals surface area contributed by atoms with Crippen LogP contribution in [0.4, 0.5) is 0 Å². The molecule has 2 rings (SSSR count). The molecule has 1 aromatic rings. The molecule has 21 heavy (non-hydrogen) atoms. The number of hydrogen-bond donors (Lipinski definition) is 1. The van der Waals surface area contributed by atoms with Crippen molar-refractivity contribution in [3.05, 3.63) is 58.2 Å². The topological polar surface area (TPSA) is 12.0 Å². The average Bonchev–Trinajstić information content (AvgIpc) is 2.72. The Morgan fingerprint density at radius 3 is 2.48 bits per heavy atom. The Bertz CT molecular complexity index is 551. The van der Waals surface area contributed by atoms with Gasteiger partial charge in [0.2, 0.25) is 0 Å². The third-order valence-electron chi connectivity index (χ3n) is 4.71. The molecule has 0 aliphatic heterocycles. The minimum atomic E-state index is 0.411. The zero-order valence-corrected chi connectivity index (χ0v) is 14.2. The number of allylic oxidation sites excluding steroid dienone is 4. The second-order valence-corrected chi connectivity index (χ2v) is 6.35. The van der Waals surface area contributed by atoms with E-state index in [1.807, 2.05) is 0 Å². The predicted molar refractivity (Wildman–Crippen MR) is 92.6 cm³/mol. The van der Waals surface area contributed by atoms with Crippen molar-refractivity contribution < 1.29 is 0 Å². The van der Waals surface area contributed by atoms with Crippen LogP contribution < -0.4 is 5.32 Å². The lowest BCUT2D eigenvalue weighted by molar-refractivity contribution is 0.550. The number of unbranched alkanes of at least 4 members (excludes halogenated alkanes) is 1. The van der Waals surface area contributed by atoms with E-state index in [2.05, 4.69) is 70.3 Å². The van der Waals surface area contributed by atoms with Crippen LogP contribution in [0.5, 0.6) is 0 Å². The summed E-state index contributed by atoms with van der Waals surface area (Å²) in [4.78, 5) is 0. The van der Waals surface area contributed by atoms with Gasteiger partial charge in [0.25, 0.3) is 0 Å². The highest BCUT2D eigenvalue weighted by Crippen LogP contribution is 2.41. The highest BCUT2D eigenvalue weighted by molar-refractivity contribution is 5.51. The van der Waals surface area contributed by atoms with Crippen LogP contribution in [0.2, 0.25) is 0 Å². The third kappa shape index (κ3) is 3.47. The maximum Gasteiger partial charge on any atom is 0.0294 e. The van der Waals surface area contributed by atoms with Crippen LogP contribution in [-0.2, 0) is 0 Å². The fraction of sp³-hybridized carbons (Fsp3) is 0.500. The molecule has 0 heterocycles. The van der Waals surface area contributed by atoms with Gasteiger partial charge in [-0.25, -0.2) is 0 Å². The monoisotopic (exact) mass is 283 g/mol. The van der Waals surface area contributed by atoms with Gasteiger partial charge >= 0.3 is 0 Å². The Morgan fingerprint density at radius 2 is 1.86 bits per heavy atom. The van der Waals surface area contributed by atoms with E-state index < -0.39 is 0 Å². The Hall–Kier alpha value is -1.34. The Labute approximate surface area is 130 Å². The molecule has 1 aliphatic rings. The predicted octanol–water partition coefficient (Wildman–Crippen LogP) is 5.52. The molecule has 0 saturated carbocycles. The SMILES string of the molecule is CCCCNC(C)c1ccccc1C1C(C)=CC(C)=C1C. The van der Waals surface area contributed by atoms with Gasteiger partial charge in [0.05, 0.1) is 0 Å². The lowest BCUT2D eigenvalue weighted by Crippen LogP contribution is -2.21. The summed E-state index contributed by atoms with van der Waals surface area (Å²) >= 11 is 0.